The van der Waals surface area contributed by atoms with Crippen LogP contribution < -0.4 is 5.73 Å². The number of nitrogens with two attached hydrogens (primary N) is 1. The minimum absolute atomic E-state index is 0.0295. The van der Waals surface area contributed by atoms with Gasteiger partial charge in [-0.25, -0.2) is 0 Å². The normalized spacial score (nSPS) is 10.2. The van der Waals surface area contributed by atoms with Crippen LogP contribution in [0.1, 0.15) is 35.3 Å². The monoisotopic (exact) mass is 288 g/mol. The fourth-order valence-electron chi connectivity index (χ4n) is 1.78. The number of aryl methyl sites for hydroxylation is 1. The first-order valence-electron chi connectivity index (χ1n) is 7.12. The van der Waals surface area contributed by atoms with Crippen LogP contribution in [0.2, 0.25) is 0 Å². The molecule has 0 heterocycles. The molecule has 0 saturated carbocycles. The highest BCUT2D eigenvalue weighted by Crippen LogP contribution is 2.12. The van der Waals surface area contributed by atoms with E-state index in [1.165, 1.54) is 0 Å². The van der Waals surface area contributed by atoms with Crippen LogP contribution in [-0.2, 0) is 4.74 Å². The van der Waals surface area contributed by atoms with Crippen molar-refractivity contribution in [2.24, 2.45) is 5.73 Å². The van der Waals surface area contributed by atoms with E-state index in [4.69, 9.17) is 10.5 Å². The maximum absolute atomic E-state index is 12.4. The molecule has 0 aromatic heterocycles. The minimum atomic E-state index is -0.0295. The summed E-state index contributed by atoms with van der Waals surface area (Å²) in [6.45, 7) is 7.33. The standard InChI is InChI=1S/C17H24N2O2/c1-13(2)21-11-10-19(4)17(20)16-8-7-14(3)15(12-16)6-5-9-18/h7-8,12-13H,9-11,18H2,1-4H3. The van der Waals surface area contributed by atoms with E-state index in [1.54, 1.807) is 11.9 Å². The molecule has 21 heavy (non-hydrogen) atoms. The van der Waals surface area contributed by atoms with Gasteiger partial charge in [0.25, 0.3) is 5.91 Å². The summed E-state index contributed by atoms with van der Waals surface area (Å²) in [6.07, 6.45) is 0.172. The Kier molecular flexibility index (Phi) is 6.93. The van der Waals surface area contributed by atoms with Crippen LogP contribution in [0, 0.1) is 18.8 Å². The van der Waals surface area contributed by atoms with E-state index in [2.05, 4.69) is 11.8 Å². The number of likely N-dealkylation sites (N-methyl/N-ethyl adjacent to an activating group) is 1. The molecule has 0 aliphatic heterocycles. The Balaban J connectivity index is 2.77. The smallest absolute Gasteiger partial charge is 0.253 e. The molecular formula is C17H24N2O2. The Morgan fingerprint density at radius 1 is 1.43 bits per heavy atom. The van der Waals surface area contributed by atoms with Gasteiger partial charge in [0.1, 0.15) is 0 Å². The van der Waals surface area contributed by atoms with Gasteiger partial charge in [-0.1, -0.05) is 17.9 Å². The van der Waals surface area contributed by atoms with Crippen LogP contribution in [0.4, 0.5) is 0 Å². The Bertz CT molecular complexity index is 541. The number of amides is 1. The van der Waals surface area contributed by atoms with Crippen molar-refractivity contribution in [2.75, 3.05) is 26.7 Å². The fourth-order valence-corrected chi connectivity index (χ4v) is 1.78. The van der Waals surface area contributed by atoms with E-state index in [9.17, 15) is 4.79 Å². The highest BCUT2D eigenvalue weighted by Gasteiger charge is 2.12. The zero-order valence-electron chi connectivity index (χ0n) is 13.3. The Morgan fingerprint density at radius 3 is 2.76 bits per heavy atom. The van der Waals surface area contributed by atoms with Crippen molar-refractivity contribution in [1.82, 2.24) is 4.90 Å². The Labute approximate surface area is 127 Å². The third kappa shape index (κ3) is 5.58. The lowest BCUT2D eigenvalue weighted by molar-refractivity contribution is 0.0532. The molecule has 1 aromatic rings. The molecule has 1 amide bonds. The molecule has 0 atom stereocenters. The van der Waals surface area contributed by atoms with E-state index in [-0.39, 0.29) is 12.0 Å². The van der Waals surface area contributed by atoms with Crippen LogP contribution in [0.15, 0.2) is 18.2 Å². The molecule has 0 unspecified atom stereocenters. The third-order valence-corrected chi connectivity index (χ3v) is 3.03. The molecule has 0 aliphatic carbocycles. The summed E-state index contributed by atoms with van der Waals surface area (Å²) >= 11 is 0. The van der Waals surface area contributed by atoms with Crippen LogP contribution in [0.25, 0.3) is 0 Å². The second-order valence-corrected chi connectivity index (χ2v) is 5.18. The number of ether oxygens (including phenoxy) is 1. The number of carbonyl (C=O) groups excluding carboxylic acids is 1. The van der Waals surface area contributed by atoms with Gasteiger partial charge in [-0.15, -0.1) is 0 Å². The van der Waals surface area contributed by atoms with Crippen molar-refractivity contribution >= 4 is 5.91 Å². The number of hydrogen-bond donors (Lipinski definition) is 1. The van der Waals surface area contributed by atoms with E-state index in [0.717, 1.165) is 11.1 Å². The molecular weight excluding hydrogens is 264 g/mol. The first-order chi connectivity index (χ1) is 9.95. The molecule has 0 radical (unpaired) electrons. The van der Waals surface area contributed by atoms with Crippen LogP contribution in [-0.4, -0.2) is 43.7 Å². The first kappa shape index (κ1) is 17.2. The molecule has 114 valence electrons. The maximum atomic E-state index is 12.4. The summed E-state index contributed by atoms with van der Waals surface area (Å²) in [5.74, 6) is 5.79. The van der Waals surface area contributed by atoms with Crippen LogP contribution >= 0.6 is 0 Å². The van der Waals surface area contributed by atoms with E-state index in [0.29, 0.717) is 25.3 Å². The van der Waals surface area contributed by atoms with E-state index >= 15 is 0 Å². The summed E-state index contributed by atoms with van der Waals surface area (Å²) in [5.41, 5.74) is 7.91. The summed E-state index contributed by atoms with van der Waals surface area (Å²) in [7, 11) is 1.77. The summed E-state index contributed by atoms with van der Waals surface area (Å²) in [6, 6.07) is 5.55. The Hall–Kier alpha value is -1.83. The molecule has 0 spiro atoms. The summed E-state index contributed by atoms with van der Waals surface area (Å²) < 4.78 is 5.46. The van der Waals surface area contributed by atoms with Crippen molar-refractivity contribution in [3.8, 4) is 11.8 Å². The predicted molar refractivity (Wildman–Crippen MR) is 85.2 cm³/mol. The number of benzene rings is 1. The summed E-state index contributed by atoms with van der Waals surface area (Å²) in [5, 5.41) is 0. The van der Waals surface area contributed by atoms with Gasteiger partial charge >= 0.3 is 0 Å². The topological polar surface area (TPSA) is 55.6 Å². The van der Waals surface area contributed by atoms with Gasteiger partial charge in [-0.3, -0.25) is 4.79 Å². The molecule has 0 bridgehead atoms. The lowest BCUT2D eigenvalue weighted by Crippen LogP contribution is -2.30. The lowest BCUT2D eigenvalue weighted by atomic mass is 10.0. The van der Waals surface area contributed by atoms with Gasteiger partial charge in [0.15, 0.2) is 0 Å². The molecule has 4 heteroatoms. The summed E-state index contributed by atoms with van der Waals surface area (Å²) in [4.78, 5) is 14.0. The average molecular weight is 288 g/mol. The Morgan fingerprint density at radius 2 is 2.14 bits per heavy atom. The number of rotatable bonds is 5. The lowest BCUT2D eigenvalue weighted by Gasteiger charge is -2.18. The van der Waals surface area contributed by atoms with Gasteiger partial charge in [0, 0.05) is 24.7 Å². The van der Waals surface area contributed by atoms with Gasteiger partial charge in [-0.2, -0.15) is 0 Å². The fraction of sp³-hybridized carbons (Fsp3) is 0.471. The van der Waals surface area contributed by atoms with Crippen molar-refractivity contribution in [3.63, 3.8) is 0 Å². The zero-order valence-corrected chi connectivity index (χ0v) is 13.3. The first-order valence-corrected chi connectivity index (χ1v) is 7.12. The highest BCUT2D eigenvalue weighted by molar-refractivity contribution is 5.94. The highest BCUT2D eigenvalue weighted by atomic mass is 16.5. The van der Waals surface area contributed by atoms with Crippen LogP contribution in [0.3, 0.4) is 0 Å². The maximum Gasteiger partial charge on any atom is 0.253 e. The predicted octanol–water partition coefficient (Wildman–Crippen LogP) is 1.80. The zero-order chi connectivity index (χ0) is 15.8. The van der Waals surface area contributed by atoms with Crippen molar-refractivity contribution in [3.05, 3.63) is 34.9 Å². The van der Waals surface area contributed by atoms with Gasteiger partial charge in [0.2, 0.25) is 0 Å². The second kappa shape index (κ2) is 8.46. The minimum Gasteiger partial charge on any atom is -0.377 e. The third-order valence-electron chi connectivity index (χ3n) is 3.03. The molecule has 0 aliphatic rings. The van der Waals surface area contributed by atoms with E-state index in [1.807, 2.05) is 39.0 Å². The van der Waals surface area contributed by atoms with Crippen molar-refractivity contribution in [1.29, 1.82) is 0 Å². The molecule has 1 rings (SSSR count). The largest absolute Gasteiger partial charge is 0.377 e. The molecule has 2 N–H and O–H groups in total. The van der Waals surface area contributed by atoms with Gasteiger partial charge < -0.3 is 15.4 Å². The number of nitrogens with zero attached hydrogens (tertiary/aromatic N) is 1. The van der Waals surface area contributed by atoms with E-state index < -0.39 is 0 Å². The quantitative estimate of drug-likeness (QED) is 0.841. The van der Waals surface area contributed by atoms with Crippen molar-refractivity contribution < 1.29 is 9.53 Å². The average Bonchev–Trinajstić information content (AvgIpc) is 2.45. The second-order valence-electron chi connectivity index (χ2n) is 5.18. The van der Waals surface area contributed by atoms with Crippen molar-refractivity contribution in [2.45, 2.75) is 26.9 Å². The molecule has 0 fully saturated rings. The molecule has 1 aromatic carbocycles. The number of hydrogen-bond acceptors (Lipinski definition) is 3. The SMILES string of the molecule is Cc1ccc(C(=O)N(C)CCOC(C)C)cc1C#CCN. The molecule has 4 nitrogen and oxygen atoms in total. The van der Waals surface area contributed by atoms with Gasteiger partial charge in [-0.05, 0) is 38.5 Å². The van der Waals surface area contributed by atoms with Gasteiger partial charge in [0.05, 0.1) is 19.3 Å². The number of carbonyl (C=O) groups is 1. The molecule has 0 saturated heterocycles. The van der Waals surface area contributed by atoms with Crippen LogP contribution in [0.5, 0.6) is 0 Å².